The third-order valence-corrected chi connectivity index (χ3v) is 5.88. The first kappa shape index (κ1) is 20.2. The van der Waals surface area contributed by atoms with Crippen molar-refractivity contribution in [2.75, 3.05) is 0 Å². The number of nitrogens with one attached hydrogen (secondary N) is 1. The largest absolute Gasteiger partial charge is 0.347 e. The van der Waals surface area contributed by atoms with E-state index in [0.717, 1.165) is 29.8 Å². The summed E-state index contributed by atoms with van der Waals surface area (Å²) in [6, 6.07) is 9.44. The Balaban J connectivity index is 1.59. The Morgan fingerprint density at radius 3 is 2.67 bits per heavy atom. The standard InChI is InChI=1S/C20H18F2N4O3S/c21-16-8-7-13(10-17(16)22)26-18-6-2-5-15(18)19(25-26)20(27)24-11-12-3-1-4-14(9-12)30(23,28)29/h1,3-4,7-10H,2,5-6,11H2,(H,24,27)(H2,23,28,29). The van der Waals surface area contributed by atoms with Crippen molar-refractivity contribution in [2.45, 2.75) is 30.7 Å². The van der Waals surface area contributed by atoms with Crippen LogP contribution in [0.15, 0.2) is 47.4 Å². The predicted molar refractivity (Wildman–Crippen MR) is 104 cm³/mol. The maximum absolute atomic E-state index is 13.7. The highest BCUT2D eigenvalue weighted by atomic mass is 32.2. The van der Waals surface area contributed by atoms with Crippen LogP contribution in [0.5, 0.6) is 0 Å². The van der Waals surface area contributed by atoms with Crippen molar-refractivity contribution in [3.63, 3.8) is 0 Å². The highest BCUT2D eigenvalue weighted by Crippen LogP contribution is 2.28. The fraction of sp³-hybridized carbons (Fsp3) is 0.200. The molecule has 30 heavy (non-hydrogen) atoms. The van der Waals surface area contributed by atoms with E-state index in [0.29, 0.717) is 24.1 Å². The molecule has 0 bridgehead atoms. The summed E-state index contributed by atoms with van der Waals surface area (Å²) in [4.78, 5) is 12.7. The summed E-state index contributed by atoms with van der Waals surface area (Å²) in [7, 11) is -3.84. The zero-order valence-corrected chi connectivity index (χ0v) is 16.5. The van der Waals surface area contributed by atoms with Crippen LogP contribution < -0.4 is 10.5 Å². The molecule has 1 aromatic heterocycles. The molecule has 3 aromatic rings. The first-order valence-corrected chi connectivity index (χ1v) is 10.7. The number of halogens is 2. The van der Waals surface area contributed by atoms with Gasteiger partial charge in [-0.05, 0) is 49.1 Å². The average Bonchev–Trinajstić information content (AvgIpc) is 3.31. The zero-order valence-electron chi connectivity index (χ0n) is 15.7. The second kappa shape index (κ2) is 7.62. The molecule has 0 spiro atoms. The van der Waals surface area contributed by atoms with Crippen molar-refractivity contribution in [1.82, 2.24) is 15.1 Å². The van der Waals surface area contributed by atoms with E-state index in [4.69, 9.17) is 5.14 Å². The monoisotopic (exact) mass is 432 g/mol. The lowest BCUT2D eigenvalue weighted by Crippen LogP contribution is -2.24. The fourth-order valence-corrected chi connectivity index (χ4v) is 4.13. The molecular weight excluding hydrogens is 414 g/mol. The smallest absolute Gasteiger partial charge is 0.272 e. The van der Waals surface area contributed by atoms with Gasteiger partial charge in [-0.25, -0.2) is 27.0 Å². The van der Waals surface area contributed by atoms with Crippen LogP contribution in [-0.2, 0) is 29.4 Å². The first-order chi connectivity index (χ1) is 14.2. The summed E-state index contributed by atoms with van der Waals surface area (Å²) in [5.74, 6) is -2.38. The molecule has 0 saturated heterocycles. The van der Waals surface area contributed by atoms with Gasteiger partial charge in [-0.1, -0.05) is 12.1 Å². The van der Waals surface area contributed by atoms with Crippen molar-refractivity contribution in [1.29, 1.82) is 0 Å². The van der Waals surface area contributed by atoms with Crippen LogP contribution in [0.2, 0.25) is 0 Å². The van der Waals surface area contributed by atoms with E-state index in [2.05, 4.69) is 10.4 Å². The number of nitrogens with zero attached hydrogens (tertiary/aromatic N) is 2. The number of hydrogen-bond acceptors (Lipinski definition) is 4. The number of carbonyl (C=O) groups is 1. The molecule has 1 aliphatic carbocycles. The van der Waals surface area contributed by atoms with Crippen molar-refractivity contribution < 1.29 is 22.0 Å². The van der Waals surface area contributed by atoms with Gasteiger partial charge in [0.05, 0.1) is 10.6 Å². The number of carbonyl (C=O) groups excluding carboxylic acids is 1. The first-order valence-electron chi connectivity index (χ1n) is 9.20. The normalized spacial score (nSPS) is 13.3. The van der Waals surface area contributed by atoms with Crippen LogP contribution >= 0.6 is 0 Å². The second-order valence-corrected chi connectivity index (χ2v) is 8.57. The van der Waals surface area contributed by atoms with Gasteiger partial charge in [-0.15, -0.1) is 0 Å². The minimum atomic E-state index is -3.84. The molecule has 1 amide bonds. The van der Waals surface area contributed by atoms with E-state index in [9.17, 15) is 22.0 Å². The molecule has 0 unspecified atom stereocenters. The van der Waals surface area contributed by atoms with Crippen molar-refractivity contribution in [2.24, 2.45) is 5.14 Å². The van der Waals surface area contributed by atoms with Crippen molar-refractivity contribution in [3.8, 4) is 5.69 Å². The molecule has 0 aliphatic heterocycles. The Kier molecular flexibility index (Phi) is 5.12. The molecule has 0 radical (unpaired) electrons. The van der Waals surface area contributed by atoms with E-state index >= 15 is 0 Å². The van der Waals surface area contributed by atoms with Crippen LogP contribution in [0, 0.1) is 11.6 Å². The molecule has 1 aliphatic rings. The van der Waals surface area contributed by atoms with Crippen molar-refractivity contribution >= 4 is 15.9 Å². The van der Waals surface area contributed by atoms with Crippen molar-refractivity contribution in [3.05, 3.63) is 76.6 Å². The van der Waals surface area contributed by atoms with Crippen LogP contribution in [0.1, 0.15) is 33.7 Å². The molecule has 1 heterocycles. The van der Waals surface area contributed by atoms with E-state index < -0.39 is 27.6 Å². The Morgan fingerprint density at radius 2 is 1.93 bits per heavy atom. The van der Waals surface area contributed by atoms with E-state index in [1.807, 2.05) is 0 Å². The number of primary sulfonamides is 1. The molecule has 4 rings (SSSR count). The highest BCUT2D eigenvalue weighted by Gasteiger charge is 2.27. The second-order valence-electron chi connectivity index (χ2n) is 7.01. The lowest BCUT2D eigenvalue weighted by Gasteiger charge is -2.07. The minimum Gasteiger partial charge on any atom is -0.347 e. The Labute approximate surface area is 171 Å². The SMILES string of the molecule is NS(=O)(=O)c1cccc(CNC(=O)c2nn(-c3ccc(F)c(F)c3)c3c2CCC3)c1. The number of fused-ring (bicyclic) bond motifs is 1. The Bertz CT molecular complexity index is 1250. The molecule has 0 saturated carbocycles. The van der Waals surface area contributed by atoms with Crippen LogP contribution in [0.4, 0.5) is 8.78 Å². The van der Waals surface area contributed by atoms with Gasteiger partial charge in [0.15, 0.2) is 17.3 Å². The molecule has 3 N–H and O–H groups in total. The molecule has 7 nitrogen and oxygen atoms in total. The molecular formula is C20H18F2N4O3S. The van der Waals surface area contributed by atoms with Gasteiger partial charge in [-0.3, -0.25) is 4.79 Å². The van der Waals surface area contributed by atoms with Crippen LogP contribution in [0.25, 0.3) is 5.69 Å². The lowest BCUT2D eigenvalue weighted by atomic mass is 10.2. The average molecular weight is 432 g/mol. The molecule has 2 aromatic carbocycles. The van der Waals surface area contributed by atoms with Crippen LogP contribution in [0.3, 0.4) is 0 Å². The van der Waals surface area contributed by atoms with Gasteiger partial charge in [-0.2, -0.15) is 5.10 Å². The number of aromatic nitrogens is 2. The van der Waals surface area contributed by atoms with Crippen LogP contribution in [-0.4, -0.2) is 24.1 Å². The maximum atomic E-state index is 13.7. The van der Waals surface area contributed by atoms with E-state index in [1.165, 1.54) is 28.9 Å². The fourth-order valence-electron chi connectivity index (χ4n) is 3.55. The molecule has 0 atom stereocenters. The molecule has 156 valence electrons. The summed E-state index contributed by atoms with van der Waals surface area (Å²) >= 11 is 0. The quantitative estimate of drug-likeness (QED) is 0.645. The predicted octanol–water partition coefficient (Wildman–Crippen LogP) is 2.22. The number of rotatable bonds is 5. The minimum absolute atomic E-state index is 0.0437. The maximum Gasteiger partial charge on any atom is 0.272 e. The zero-order chi connectivity index (χ0) is 21.5. The summed E-state index contributed by atoms with van der Waals surface area (Å²) in [5, 5.41) is 12.2. The van der Waals surface area contributed by atoms with Gasteiger partial charge in [0, 0.05) is 23.9 Å². The van der Waals surface area contributed by atoms with Gasteiger partial charge in [0.2, 0.25) is 10.0 Å². The number of sulfonamides is 1. The highest BCUT2D eigenvalue weighted by molar-refractivity contribution is 7.89. The lowest BCUT2D eigenvalue weighted by molar-refractivity contribution is 0.0944. The Morgan fingerprint density at radius 1 is 1.13 bits per heavy atom. The Hall–Kier alpha value is -3.11. The van der Waals surface area contributed by atoms with E-state index in [1.54, 1.807) is 6.07 Å². The van der Waals surface area contributed by atoms with Gasteiger partial charge >= 0.3 is 0 Å². The summed E-state index contributed by atoms with van der Waals surface area (Å²) in [6.07, 6.45) is 2.15. The van der Waals surface area contributed by atoms with Gasteiger partial charge in [0.1, 0.15) is 0 Å². The summed E-state index contributed by atoms with van der Waals surface area (Å²) in [5.41, 5.74) is 2.69. The van der Waals surface area contributed by atoms with E-state index in [-0.39, 0.29) is 17.1 Å². The third-order valence-electron chi connectivity index (χ3n) is 4.97. The summed E-state index contributed by atoms with van der Waals surface area (Å²) < 4.78 is 51.4. The topological polar surface area (TPSA) is 107 Å². The number of hydrogen-bond donors (Lipinski definition) is 2. The van der Waals surface area contributed by atoms with Gasteiger partial charge < -0.3 is 5.32 Å². The summed E-state index contributed by atoms with van der Waals surface area (Å²) in [6.45, 7) is 0.0784. The molecule has 10 heteroatoms. The van der Waals surface area contributed by atoms with Gasteiger partial charge in [0.25, 0.3) is 5.91 Å². The number of amides is 1. The third kappa shape index (κ3) is 3.83. The number of benzene rings is 2. The number of nitrogens with two attached hydrogens (primary N) is 1. The molecule has 0 fully saturated rings.